The largest absolute Gasteiger partial charge is 0.340 e. The van der Waals surface area contributed by atoms with Gasteiger partial charge in [-0.2, -0.15) is 4.98 Å². The minimum atomic E-state index is 0.372. The molecule has 0 unspecified atom stereocenters. The van der Waals surface area contributed by atoms with Crippen molar-refractivity contribution in [2.75, 3.05) is 52.4 Å². The van der Waals surface area contributed by atoms with E-state index >= 15 is 0 Å². The van der Waals surface area contributed by atoms with Gasteiger partial charge in [-0.25, -0.2) is 0 Å². The van der Waals surface area contributed by atoms with Crippen LogP contribution in [0.15, 0.2) is 4.52 Å². The highest BCUT2D eigenvalue weighted by Gasteiger charge is 2.28. The van der Waals surface area contributed by atoms with Crippen molar-refractivity contribution in [3.05, 3.63) is 11.7 Å². The van der Waals surface area contributed by atoms with Crippen LogP contribution in [0, 0.1) is 12.3 Å². The smallest absolute Gasteiger partial charge is 0.223 e. The highest BCUT2D eigenvalue weighted by molar-refractivity contribution is 4.87. The molecule has 0 bridgehead atoms. The first-order valence-electron chi connectivity index (χ1n) is 8.96. The molecular weight excluding hydrogens is 290 g/mol. The van der Waals surface area contributed by atoms with Crippen molar-refractivity contribution >= 4 is 0 Å². The number of piperazine rings is 1. The van der Waals surface area contributed by atoms with E-state index in [0.717, 1.165) is 38.5 Å². The minimum Gasteiger partial charge on any atom is -0.340 e. The topological polar surface area (TPSA) is 48.6 Å². The molecule has 2 fully saturated rings. The molecule has 3 rings (SSSR count). The van der Waals surface area contributed by atoms with Gasteiger partial charge in [-0.15, -0.1) is 0 Å². The molecule has 0 spiro atoms. The summed E-state index contributed by atoms with van der Waals surface area (Å²) in [4.78, 5) is 12.0. The second kappa shape index (κ2) is 7.28. The zero-order valence-corrected chi connectivity index (χ0v) is 14.9. The third-order valence-corrected chi connectivity index (χ3v) is 4.90. The number of aryl methyl sites for hydroxylation is 1. The molecule has 2 aliphatic heterocycles. The maximum absolute atomic E-state index is 5.05. The molecule has 0 N–H and O–H groups in total. The standard InChI is InChI=1S/C17H31N5O/c1-15-18-16(19-23-15)12-20-8-10-22(11-9-20)14-17(2,3)13-21-6-4-5-7-21/h4-14H2,1-3H3. The number of likely N-dealkylation sites (tertiary alicyclic amines) is 1. The minimum absolute atomic E-state index is 0.372. The van der Waals surface area contributed by atoms with Gasteiger partial charge in [0.25, 0.3) is 0 Å². The van der Waals surface area contributed by atoms with Crippen molar-refractivity contribution in [2.45, 2.75) is 40.2 Å². The average Bonchev–Trinajstić information content (AvgIpc) is 3.12. The van der Waals surface area contributed by atoms with Crippen LogP contribution in [0.1, 0.15) is 38.4 Å². The van der Waals surface area contributed by atoms with Crippen LogP contribution in [0.4, 0.5) is 0 Å². The molecule has 0 aliphatic carbocycles. The SMILES string of the molecule is Cc1nc(CN2CCN(CC(C)(C)CN3CCCC3)CC2)no1. The van der Waals surface area contributed by atoms with E-state index in [1.807, 2.05) is 6.92 Å². The van der Waals surface area contributed by atoms with Gasteiger partial charge in [0.1, 0.15) is 0 Å². The van der Waals surface area contributed by atoms with E-state index in [9.17, 15) is 0 Å². The Kier molecular flexibility index (Phi) is 5.34. The van der Waals surface area contributed by atoms with Gasteiger partial charge in [-0.1, -0.05) is 19.0 Å². The first kappa shape index (κ1) is 16.9. The Balaban J connectivity index is 1.41. The van der Waals surface area contributed by atoms with Crippen LogP contribution in [-0.2, 0) is 6.54 Å². The lowest BCUT2D eigenvalue weighted by molar-refractivity contribution is 0.0770. The molecule has 0 saturated carbocycles. The lowest BCUT2D eigenvalue weighted by Crippen LogP contribution is -2.50. The highest BCUT2D eigenvalue weighted by atomic mass is 16.5. The number of hydrogen-bond donors (Lipinski definition) is 0. The van der Waals surface area contributed by atoms with Crippen molar-refractivity contribution in [3.8, 4) is 0 Å². The van der Waals surface area contributed by atoms with Gasteiger partial charge in [-0.3, -0.25) is 4.90 Å². The fourth-order valence-electron chi connectivity index (χ4n) is 3.91. The summed E-state index contributed by atoms with van der Waals surface area (Å²) in [6.45, 7) is 17.0. The molecule has 1 aromatic rings. The normalized spacial score (nSPS) is 22.0. The number of rotatable bonds is 6. The van der Waals surface area contributed by atoms with Gasteiger partial charge in [0.15, 0.2) is 5.82 Å². The molecule has 0 radical (unpaired) electrons. The van der Waals surface area contributed by atoms with Crippen molar-refractivity contribution in [1.82, 2.24) is 24.8 Å². The van der Waals surface area contributed by atoms with Crippen LogP contribution in [0.25, 0.3) is 0 Å². The fraction of sp³-hybridized carbons (Fsp3) is 0.882. The fourth-order valence-corrected chi connectivity index (χ4v) is 3.91. The summed E-state index contributed by atoms with van der Waals surface area (Å²) in [5, 5.41) is 4.00. The highest BCUT2D eigenvalue weighted by Crippen LogP contribution is 2.22. The molecule has 6 nitrogen and oxygen atoms in total. The summed E-state index contributed by atoms with van der Waals surface area (Å²) in [5.74, 6) is 1.47. The molecule has 130 valence electrons. The Bertz CT molecular complexity index is 487. The van der Waals surface area contributed by atoms with E-state index in [1.165, 1.54) is 39.0 Å². The first-order chi connectivity index (χ1) is 11.0. The van der Waals surface area contributed by atoms with Crippen molar-refractivity contribution in [3.63, 3.8) is 0 Å². The summed E-state index contributed by atoms with van der Waals surface area (Å²) < 4.78 is 5.05. The summed E-state index contributed by atoms with van der Waals surface area (Å²) in [6, 6.07) is 0. The lowest BCUT2D eigenvalue weighted by atomic mass is 9.91. The second-order valence-electron chi connectivity index (χ2n) is 7.93. The zero-order valence-electron chi connectivity index (χ0n) is 14.9. The van der Waals surface area contributed by atoms with Crippen molar-refractivity contribution in [2.24, 2.45) is 5.41 Å². The number of hydrogen-bond acceptors (Lipinski definition) is 6. The molecule has 3 heterocycles. The Morgan fingerprint density at radius 3 is 2.04 bits per heavy atom. The maximum atomic E-state index is 5.05. The summed E-state index contributed by atoms with van der Waals surface area (Å²) >= 11 is 0. The molecule has 0 aromatic carbocycles. The Hall–Kier alpha value is -0.980. The average molecular weight is 321 g/mol. The van der Waals surface area contributed by atoms with E-state index in [4.69, 9.17) is 4.52 Å². The monoisotopic (exact) mass is 321 g/mol. The van der Waals surface area contributed by atoms with Gasteiger partial charge in [0.05, 0.1) is 6.54 Å². The van der Waals surface area contributed by atoms with E-state index in [0.29, 0.717) is 11.3 Å². The lowest BCUT2D eigenvalue weighted by Gasteiger charge is -2.40. The van der Waals surface area contributed by atoms with E-state index in [2.05, 4.69) is 38.7 Å². The third kappa shape index (κ3) is 4.99. The number of nitrogens with zero attached hydrogens (tertiary/aromatic N) is 5. The summed E-state index contributed by atoms with van der Waals surface area (Å²) in [7, 11) is 0. The molecule has 0 amide bonds. The number of aromatic nitrogens is 2. The third-order valence-electron chi connectivity index (χ3n) is 4.90. The zero-order chi connectivity index (χ0) is 16.3. The molecule has 2 aliphatic rings. The molecule has 1 aromatic heterocycles. The van der Waals surface area contributed by atoms with Crippen LogP contribution >= 0.6 is 0 Å². The summed E-state index contributed by atoms with van der Waals surface area (Å²) in [6.07, 6.45) is 2.76. The van der Waals surface area contributed by atoms with Crippen LogP contribution in [0.2, 0.25) is 0 Å². The van der Waals surface area contributed by atoms with Crippen LogP contribution < -0.4 is 0 Å². The molecule has 0 atom stereocenters. The second-order valence-corrected chi connectivity index (χ2v) is 7.93. The predicted molar refractivity (Wildman–Crippen MR) is 90.2 cm³/mol. The predicted octanol–water partition coefficient (Wildman–Crippen LogP) is 1.62. The van der Waals surface area contributed by atoms with Crippen LogP contribution in [0.3, 0.4) is 0 Å². The van der Waals surface area contributed by atoms with Gasteiger partial charge in [0, 0.05) is 46.2 Å². The Morgan fingerprint density at radius 2 is 1.48 bits per heavy atom. The first-order valence-corrected chi connectivity index (χ1v) is 8.96. The summed E-state index contributed by atoms with van der Waals surface area (Å²) in [5.41, 5.74) is 0.372. The van der Waals surface area contributed by atoms with Crippen molar-refractivity contribution in [1.29, 1.82) is 0 Å². The molecule has 6 heteroatoms. The van der Waals surface area contributed by atoms with Crippen LogP contribution in [-0.4, -0.2) is 77.2 Å². The van der Waals surface area contributed by atoms with Crippen molar-refractivity contribution < 1.29 is 4.52 Å². The molecule has 2 saturated heterocycles. The quantitative estimate of drug-likeness (QED) is 0.793. The van der Waals surface area contributed by atoms with Gasteiger partial charge in [-0.05, 0) is 31.3 Å². The molecule has 23 heavy (non-hydrogen) atoms. The van der Waals surface area contributed by atoms with E-state index in [1.54, 1.807) is 0 Å². The van der Waals surface area contributed by atoms with Crippen LogP contribution in [0.5, 0.6) is 0 Å². The Morgan fingerprint density at radius 1 is 0.913 bits per heavy atom. The Labute approximate surface area is 139 Å². The maximum Gasteiger partial charge on any atom is 0.223 e. The molecular formula is C17H31N5O. The van der Waals surface area contributed by atoms with Gasteiger partial charge < -0.3 is 14.3 Å². The van der Waals surface area contributed by atoms with Gasteiger partial charge in [0.2, 0.25) is 5.89 Å². The van der Waals surface area contributed by atoms with E-state index < -0.39 is 0 Å². The van der Waals surface area contributed by atoms with Gasteiger partial charge >= 0.3 is 0 Å². The van der Waals surface area contributed by atoms with E-state index in [-0.39, 0.29) is 0 Å².